The summed E-state index contributed by atoms with van der Waals surface area (Å²) in [5, 5.41) is 3.22. The molecular weight excluding hydrogens is 236 g/mol. The van der Waals surface area contributed by atoms with Gasteiger partial charge in [0.05, 0.1) is 13.3 Å². The molecule has 1 N–H and O–H groups in total. The lowest BCUT2D eigenvalue weighted by atomic mass is 10.2. The second-order valence-corrected chi connectivity index (χ2v) is 3.77. The maximum Gasteiger partial charge on any atom is 0.137 e. The largest absolute Gasteiger partial charge is 0.495 e. The summed E-state index contributed by atoms with van der Waals surface area (Å²) in [5.74, 6) is 1.98. The van der Waals surface area contributed by atoms with E-state index < -0.39 is 0 Å². The molecule has 0 saturated heterocycles. The summed E-state index contributed by atoms with van der Waals surface area (Å²) in [6, 6.07) is 11.6. The van der Waals surface area contributed by atoms with Crippen molar-refractivity contribution in [3.05, 3.63) is 48.2 Å². The molecule has 3 nitrogen and oxygen atoms in total. The van der Waals surface area contributed by atoms with E-state index in [2.05, 4.69) is 10.3 Å². The van der Waals surface area contributed by atoms with Gasteiger partial charge in [0, 0.05) is 11.6 Å². The smallest absolute Gasteiger partial charge is 0.137 e. The minimum Gasteiger partial charge on any atom is -0.495 e. The normalized spacial score (nSPS) is 10.0. The minimum atomic E-state index is 0.472. The highest BCUT2D eigenvalue weighted by molar-refractivity contribution is 6.17. The number of ether oxygens (including phenoxy) is 1. The Morgan fingerprint density at radius 2 is 2.06 bits per heavy atom. The first-order valence-corrected chi connectivity index (χ1v) is 5.78. The molecule has 0 fully saturated rings. The molecule has 4 heteroatoms. The zero-order chi connectivity index (χ0) is 12.1. The third-order valence-corrected chi connectivity index (χ3v) is 2.68. The van der Waals surface area contributed by atoms with Gasteiger partial charge < -0.3 is 10.1 Å². The molecule has 0 aliphatic carbocycles. The fraction of sp³-hybridized carbons (Fsp3) is 0.154. The van der Waals surface area contributed by atoms with Crippen LogP contribution >= 0.6 is 11.6 Å². The van der Waals surface area contributed by atoms with Crippen LogP contribution in [-0.4, -0.2) is 12.1 Å². The Labute approximate surface area is 105 Å². The SMILES string of the molecule is COc1ccc(Nc2ccccc2CCl)nc1. The average molecular weight is 249 g/mol. The van der Waals surface area contributed by atoms with Crippen LogP contribution in [0, 0.1) is 0 Å². The van der Waals surface area contributed by atoms with E-state index >= 15 is 0 Å². The van der Waals surface area contributed by atoms with Gasteiger partial charge in [0.25, 0.3) is 0 Å². The van der Waals surface area contributed by atoms with Crippen LogP contribution in [0.1, 0.15) is 5.56 Å². The number of alkyl halides is 1. The molecule has 0 aliphatic rings. The zero-order valence-electron chi connectivity index (χ0n) is 9.48. The fourth-order valence-electron chi connectivity index (χ4n) is 1.47. The van der Waals surface area contributed by atoms with E-state index in [1.165, 1.54) is 0 Å². The lowest BCUT2D eigenvalue weighted by Gasteiger charge is -2.09. The van der Waals surface area contributed by atoms with E-state index in [0.717, 1.165) is 22.8 Å². The van der Waals surface area contributed by atoms with E-state index in [1.807, 2.05) is 36.4 Å². The van der Waals surface area contributed by atoms with Gasteiger partial charge in [0.1, 0.15) is 11.6 Å². The molecule has 0 amide bonds. The summed E-state index contributed by atoms with van der Waals surface area (Å²) in [5.41, 5.74) is 2.02. The number of hydrogen-bond acceptors (Lipinski definition) is 3. The van der Waals surface area contributed by atoms with Crippen LogP contribution in [0.2, 0.25) is 0 Å². The molecule has 2 aromatic rings. The van der Waals surface area contributed by atoms with Gasteiger partial charge in [-0.1, -0.05) is 18.2 Å². The summed E-state index contributed by atoms with van der Waals surface area (Å²) >= 11 is 5.87. The standard InChI is InChI=1S/C13H13ClN2O/c1-17-11-6-7-13(15-9-11)16-12-5-3-2-4-10(12)8-14/h2-7,9H,8H2,1H3,(H,15,16). The van der Waals surface area contributed by atoms with Crippen LogP contribution in [0.5, 0.6) is 5.75 Å². The number of rotatable bonds is 4. The number of aromatic nitrogens is 1. The van der Waals surface area contributed by atoms with Crippen LogP contribution in [-0.2, 0) is 5.88 Å². The summed E-state index contributed by atoms with van der Waals surface area (Å²) in [6.45, 7) is 0. The maximum absolute atomic E-state index is 5.87. The Hall–Kier alpha value is -1.74. The van der Waals surface area contributed by atoms with Crippen molar-refractivity contribution in [2.24, 2.45) is 0 Å². The van der Waals surface area contributed by atoms with Crippen molar-refractivity contribution in [3.63, 3.8) is 0 Å². The number of nitrogens with one attached hydrogen (secondary N) is 1. The number of para-hydroxylation sites is 1. The number of benzene rings is 1. The summed E-state index contributed by atoms with van der Waals surface area (Å²) in [7, 11) is 1.62. The summed E-state index contributed by atoms with van der Waals surface area (Å²) in [4.78, 5) is 4.24. The molecule has 0 aliphatic heterocycles. The lowest BCUT2D eigenvalue weighted by Crippen LogP contribution is -1.96. The maximum atomic E-state index is 5.87. The molecule has 1 aromatic heterocycles. The van der Waals surface area contributed by atoms with Gasteiger partial charge in [0.15, 0.2) is 0 Å². The molecule has 0 spiro atoms. The van der Waals surface area contributed by atoms with Gasteiger partial charge in [0.2, 0.25) is 0 Å². The van der Waals surface area contributed by atoms with Crippen molar-refractivity contribution in [2.45, 2.75) is 5.88 Å². The number of halogens is 1. The Balaban J connectivity index is 2.19. The van der Waals surface area contributed by atoms with Crippen LogP contribution in [0.4, 0.5) is 11.5 Å². The Morgan fingerprint density at radius 1 is 1.24 bits per heavy atom. The Morgan fingerprint density at radius 3 is 2.71 bits per heavy atom. The molecule has 0 atom stereocenters. The lowest BCUT2D eigenvalue weighted by molar-refractivity contribution is 0.413. The van der Waals surface area contributed by atoms with Crippen LogP contribution < -0.4 is 10.1 Å². The van der Waals surface area contributed by atoms with Gasteiger partial charge >= 0.3 is 0 Å². The van der Waals surface area contributed by atoms with Crippen LogP contribution in [0.25, 0.3) is 0 Å². The number of pyridine rings is 1. The highest BCUT2D eigenvalue weighted by Gasteiger charge is 2.01. The van der Waals surface area contributed by atoms with Gasteiger partial charge in [-0.05, 0) is 23.8 Å². The highest BCUT2D eigenvalue weighted by Crippen LogP contribution is 2.21. The predicted octanol–water partition coefficient (Wildman–Crippen LogP) is 3.57. The quantitative estimate of drug-likeness (QED) is 0.840. The summed E-state index contributed by atoms with van der Waals surface area (Å²) in [6.07, 6.45) is 1.67. The third kappa shape index (κ3) is 2.88. The zero-order valence-corrected chi connectivity index (χ0v) is 10.2. The monoisotopic (exact) mass is 248 g/mol. The fourth-order valence-corrected chi connectivity index (χ4v) is 1.70. The molecule has 1 heterocycles. The molecule has 17 heavy (non-hydrogen) atoms. The molecule has 0 saturated carbocycles. The van der Waals surface area contributed by atoms with Gasteiger partial charge in [-0.25, -0.2) is 4.98 Å². The van der Waals surface area contributed by atoms with Crippen molar-refractivity contribution in [3.8, 4) is 5.75 Å². The van der Waals surface area contributed by atoms with E-state index in [0.29, 0.717) is 5.88 Å². The highest BCUT2D eigenvalue weighted by atomic mass is 35.5. The number of anilines is 2. The van der Waals surface area contributed by atoms with Gasteiger partial charge in [-0.15, -0.1) is 11.6 Å². The van der Waals surface area contributed by atoms with E-state index in [1.54, 1.807) is 13.3 Å². The predicted molar refractivity (Wildman–Crippen MR) is 70.1 cm³/mol. The molecule has 2 rings (SSSR count). The van der Waals surface area contributed by atoms with Crippen molar-refractivity contribution < 1.29 is 4.74 Å². The molecule has 0 unspecified atom stereocenters. The van der Waals surface area contributed by atoms with E-state index in [4.69, 9.17) is 16.3 Å². The first kappa shape index (κ1) is 11.7. The summed E-state index contributed by atoms with van der Waals surface area (Å²) < 4.78 is 5.05. The average Bonchev–Trinajstić information content (AvgIpc) is 2.40. The number of hydrogen-bond donors (Lipinski definition) is 1. The Kier molecular flexibility index (Phi) is 3.83. The molecule has 0 bridgehead atoms. The van der Waals surface area contributed by atoms with Gasteiger partial charge in [-0.3, -0.25) is 0 Å². The molecule has 1 aromatic carbocycles. The second-order valence-electron chi connectivity index (χ2n) is 3.50. The molecule has 0 radical (unpaired) electrons. The van der Waals surface area contributed by atoms with Crippen molar-refractivity contribution >= 4 is 23.1 Å². The van der Waals surface area contributed by atoms with E-state index in [9.17, 15) is 0 Å². The number of nitrogens with zero attached hydrogens (tertiary/aromatic N) is 1. The van der Waals surface area contributed by atoms with Crippen LogP contribution in [0.3, 0.4) is 0 Å². The topological polar surface area (TPSA) is 34.1 Å². The van der Waals surface area contributed by atoms with E-state index in [-0.39, 0.29) is 0 Å². The second kappa shape index (κ2) is 5.55. The third-order valence-electron chi connectivity index (χ3n) is 2.40. The van der Waals surface area contributed by atoms with Crippen molar-refractivity contribution in [1.29, 1.82) is 0 Å². The van der Waals surface area contributed by atoms with Crippen molar-refractivity contribution in [1.82, 2.24) is 4.98 Å². The van der Waals surface area contributed by atoms with Gasteiger partial charge in [-0.2, -0.15) is 0 Å². The van der Waals surface area contributed by atoms with Crippen LogP contribution in [0.15, 0.2) is 42.6 Å². The Bertz CT molecular complexity index is 485. The minimum absolute atomic E-state index is 0.472. The van der Waals surface area contributed by atoms with Crippen molar-refractivity contribution in [2.75, 3.05) is 12.4 Å². The number of methoxy groups -OCH3 is 1. The molecular formula is C13H13ClN2O. The first-order chi connectivity index (χ1) is 8.33. The first-order valence-electron chi connectivity index (χ1n) is 5.24. The molecule has 88 valence electrons.